The third-order valence-corrected chi connectivity index (χ3v) is 5.66. The number of rotatable bonds is 4. The van der Waals surface area contributed by atoms with Crippen LogP contribution < -0.4 is 4.72 Å². The maximum Gasteiger partial charge on any atom is 0.416 e. The summed E-state index contributed by atoms with van der Waals surface area (Å²) in [4.78, 5) is 0. The second kappa shape index (κ2) is 5.96. The summed E-state index contributed by atoms with van der Waals surface area (Å²) in [5, 5.41) is 0. The molecule has 0 atom stereocenters. The molecular weight excluding hydrogens is 347 g/mol. The monoisotopic (exact) mass is 355 g/mol. The van der Waals surface area contributed by atoms with Crippen molar-refractivity contribution in [2.24, 2.45) is 0 Å². The van der Waals surface area contributed by atoms with Crippen LogP contribution >= 0.6 is 22.9 Å². The first-order chi connectivity index (χ1) is 9.68. The molecule has 0 unspecified atom stereocenters. The van der Waals surface area contributed by atoms with Crippen LogP contribution in [0.2, 0.25) is 4.34 Å². The van der Waals surface area contributed by atoms with Gasteiger partial charge in [-0.2, -0.15) is 13.2 Å². The van der Waals surface area contributed by atoms with Crippen molar-refractivity contribution in [3.63, 3.8) is 0 Å². The Kier molecular flexibility index (Phi) is 4.62. The van der Waals surface area contributed by atoms with Crippen LogP contribution in [0.25, 0.3) is 0 Å². The quantitative estimate of drug-likeness (QED) is 0.904. The molecule has 114 valence electrons. The molecule has 2 rings (SSSR count). The van der Waals surface area contributed by atoms with E-state index >= 15 is 0 Å². The predicted octanol–water partition coefficient (Wildman–Crippen LogP) is 3.90. The van der Waals surface area contributed by atoms with Gasteiger partial charge in [0.25, 0.3) is 0 Å². The molecule has 0 radical (unpaired) electrons. The summed E-state index contributed by atoms with van der Waals surface area (Å²) >= 11 is 6.53. The van der Waals surface area contributed by atoms with E-state index in [0.29, 0.717) is 4.34 Å². The van der Waals surface area contributed by atoms with Crippen LogP contribution in [0.15, 0.2) is 40.6 Å². The fourth-order valence-corrected chi connectivity index (χ4v) is 4.09. The van der Waals surface area contributed by atoms with Crippen LogP contribution in [0.3, 0.4) is 0 Å². The molecule has 1 N–H and O–H groups in total. The lowest BCUT2D eigenvalue weighted by atomic mass is 10.1. The smallest absolute Gasteiger partial charge is 0.206 e. The third kappa shape index (κ3) is 4.19. The van der Waals surface area contributed by atoms with Crippen molar-refractivity contribution in [3.05, 3.63) is 51.9 Å². The SMILES string of the molecule is O=S(=O)(NCc1cccc(C(F)(F)F)c1)c1ccc(Cl)s1. The standard InChI is InChI=1S/C12H9ClF3NO2S2/c13-10-4-5-11(20-10)21(18,19)17-7-8-2-1-3-9(6-8)12(14,15)16/h1-6,17H,7H2. The number of nitrogens with one attached hydrogen (secondary N) is 1. The molecule has 0 saturated heterocycles. The van der Waals surface area contributed by atoms with Crippen LogP contribution in [0, 0.1) is 0 Å². The van der Waals surface area contributed by atoms with Crippen molar-refractivity contribution >= 4 is 33.0 Å². The lowest BCUT2D eigenvalue weighted by molar-refractivity contribution is -0.137. The number of thiophene rings is 1. The highest BCUT2D eigenvalue weighted by atomic mass is 35.5. The Bertz CT molecular complexity index is 741. The summed E-state index contributed by atoms with van der Waals surface area (Å²) < 4.78 is 64.1. The average molecular weight is 356 g/mol. The van der Waals surface area contributed by atoms with Crippen molar-refractivity contribution < 1.29 is 21.6 Å². The zero-order valence-electron chi connectivity index (χ0n) is 10.3. The summed E-state index contributed by atoms with van der Waals surface area (Å²) in [7, 11) is -3.78. The second-order valence-corrected chi connectivity index (χ2v) is 7.79. The third-order valence-electron chi connectivity index (χ3n) is 2.53. The van der Waals surface area contributed by atoms with Crippen LogP contribution in [0.4, 0.5) is 13.2 Å². The van der Waals surface area contributed by atoms with E-state index in [9.17, 15) is 21.6 Å². The molecule has 0 aliphatic heterocycles. The van der Waals surface area contributed by atoms with Crippen LogP contribution in [-0.2, 0) is 22.7 Å². The number of halogens is 4. The van der Waals surface area contributed by atoms with Gasteiger partial charge in [-0.1, -0.05) is 29.8 Å². The molecule has 1 aromatic heterocycles. The van der Waals surface area contributed by atoms with Crippen molar-refractivity contribution in [1.29, 1.82) is 0 Å². The highest BCUT2D eigenvalue weighted by molar-refractivity contribution is 7.91. The van der Waals surface area contributed by atoms with E-state index in [1.807, 2.05) is 0 Å². The van der Waals surface area contributed by atoms with Gasteiger partial charge < -0.3 is 0 Å². The van der Waals surface area contributed by atoms with Gasteiger partial charge in [0, 0.05) is 6.54 Å². The topological polar surface area (TPSA) is 46.2 Å². The number of sulfonamides is 1. The number of hydrogen-bond acceptors (Lipinski definition) is 3. The molecule has 0 bridgehead atoms. The minimum Gasteiger partial charge on any atom is -0.206 e. The van der Waals surface area contributed by atoms with Gasteiger partial charge in [0.1, 0.15) is 4.21 Å². The first kappa shape index (κ1) is 16.3. The van der Waals surface area contributed by atoms with Crippen LogP contribution in [0.1, 0.15) is 11.1 Å². The van der Waals surface area contributed by atoms with E-state index in [1.165, 1.54) is 24.3 Å². The fourth-order valence-electron chi connectivity index (χ4n) is 1.55. The molecule has 0 spiro atoms. The highest BCUT2D eigenvalue weighted by Gasteiger charge is 2.30. The Morgan fingerprint density at radius 1 is 1.19 bits per heavy atom. The van der Waals surface area contributed by atoms with Gasteiger partial charge in [0.05, 0.1) is 9.90 Å². The Labute approximate surface area is 128 Å². The van der Waals surface area contributed by atoms with Crippen molar-refractivity contribution in [3.8, 4) is 0 Å². The van der Waals surface area contributed by atoms with Crippen LogP contribution in [0.5, 0.6) is 0 Å². The molecule has 2 aromatic rings. The van der Waals surface area contributed by atoms with Gasteiger partial charge in [0.2, 0.25) is 10.0 Å². The molecule has 21 heavy (non-hydrogen) atoms. The highest BCUT2D eigenvalue weighted by Crippen LogP contribution is 2.30. The fraction of sp³-hybridized carbons (Fsp3) is 0.167. The number of hydrogen-bond donors (Lipinski definition) is 1. The zero-order valence-corrected chi connectivity index (χ0v) is 12.7. The van der Waals surface area contributed by atoms with Gasteiger partial charge in [0.15, 0.2) is 0 Å². The van der Waals surface area contributed by atoms with Crippen molar-refractivity contribution in [2.45, 2.75) is 16.9 Å². The number of benzene rings is 1. The molecule has 0 aliphatic carbocycles. The Morgan fingerprint density at radius 2 is 1.90 bits per heavy atom. The lowest BCUT2D eigenvalue weighted by Gasteiger charge is -2.09. The largest absolute Gasteiger partial charge is 0.416 e. The molecular formula is C12H9ClF3NO2S2. The summed E-state index contributed by atoms with van der Waals surface area (Å²) in [6.07, 6.45) is -4.46. The molecule has 1 aromatic carbocycles. The van der Waals surface area contributed by atoms with Gasteiger partial charge in [-0.15, -0.1) is 11.3 Å². The lowest BCUT2D eigenvalue weighted by Crippen LogP contribution is -2.22. The molecule has 0 fully saturated rings. The maximum atomic E-state index is 12.6. The number of alkyl halides is 3. The maximum absolute atomic E-state index is 12.6. The minimum absolute atomic E-state index is 0.0134. The predicted molar refractivity (Wildman–Crippen MR) is 74.8 cm³/mol. The van der Waals surface area contributed by atoms with E-state index in [2.05, 4.69) is 4.72 Å². The van der Waals surface area contributed by atoms with Crippen molar-refractivity contribution in [1.82, 2.24) is 4.72 Å². The molecule has 0 saturated carbocycles. The average Bonchev–Trinajstić information content (AvgIpc) is 2.83. The van der Waals surface area contributed by atoms with Gasteiger partial charge >= 0.3 is 6.18 Å². The van der Waals surface area contributed by atoms with E-state index in [-0.39, 0.29) is 16.3 Å². The van der Waals surface area contributed by atoms with Gasteiger partial charge in [-0.25, -0.2) is 13.1 Å². The second-order valence-electron chi connectivity index (χ2n) is 4.08. The molecule has 3 nitrogen and oxygen atoms in total. The molecule has 0 amide bonds. The van der Waals surface area contributed by atoms with E-state index in [4.69, 9.17) is 11.6 Å². The summed E-state index contributed by atoms with van der Waals surface area (Å²) in [6, 6.07) is 7.25. The summed E-state index contributed by atoms with van der Waals surface area (Å²) in [5.74, 6) is 0. The van der Waals surface area contributed by atoms with Crippen LogP contribution in [-0.4, -0.2) is 8.42 Å². The summed E-state index contributed by atoms with van der Waals surface area (Å²) in [6.45, 7) is -0.234. The van der Waals surface area contributed by atoms with Gasteiger partial charge in [-0.05, 0) is 23.8 Å². The van der Waals surface area contributed by atoms with E-state index in [0.717, 1.165) is 23.5 Å². The van der Waals surface area contributed by atoms with E-state index in [1.54, 1.807) is 0 Å². The zero-order chi connectivity index (χ0) is 15.7. The Balaban J connectivity index is 2.13. The summed E-state index contributed by atoms with van der Waals surface area (Å²) in [5.41, 5.74) is -0.602. The Morgan fingerprint density at radius 3 is 2.48 bits per heavy atom. The molecule has 0 aliphatic rings. The van der Waals surface area contributed by atoms with E-state index < -0.39 is 21.8 Å². The molecule has 1 heterocycles. The normalized spacial score (nSPS) is 12.6. The first-order valence-corrected chi connectivity index (χ1v) is 8.27. The van der Waals surface area contributed by atoms with Gasteiger partial charge in [-0.3, -0.25) is 0 Å². The molecule has 9 heteroatoms. The van der Waals surface area contributed by atoms with Crippen molar-refractivity contribution in [2.75, 3.05) is 0 Å². The minimum atomic E-state index is -4.46. The first-order valence-electron chi connectivity index (χ1n) is 5.59. The Hall–Kier alpha value is -1.09.